The average Bonchev–Trinajstić information content (AvgIpc) is 2.59. The Morgan fingerprint density at radius 1 is 1.04 bits per heavy atom. The van der Waals surface area contributed by atoms with Crippen LogP contribution in [0, 0.1) is 6.92 Å². The van der Waals surface area contributed by atoms with E-state index in [2.05, 4.69) is 15.9 Å². The minimum absolute atomic E-state index is 0.111. The summed E-state index contributed by atoms with van der Waals surface area (Å²) in [4.78, 5) is 37.8. The Morgan fingerprint density at radius 3 is 2.36 bits per heavy atom. The molecule has 0 bridgehead atoms. The molecule has 128 valence electrons. The number of hydrogen-bond donors (Lipinski definition) is 0. The summed E-state index contributed by atoms with van der Waals surface area (Å²) in [5, 5.41) is 0.410. The Balaban J connectivity index is 2.18. The van der Waals surface area contributed by atoms with Crippen LogP contribution in [0.2, 0.25) is 0 Å². The molecular weight excluding hydrogens is 384 g/mol. The molecule has 0 fully saturated rings. The number of nitrogens with zero attached hydrogens (tertiary/aromatic N) is 2. The van der Waals surface area contributed by atoms with Crippen LogP contribution >= 0.6 is 15.9 Å². The van der Waals surface area contributed by atoms with Crippen LogP contribution in [0.25, 0.3) is 10.9 Å². The highest BCUT2D eigenvalue weighted by Gasteiger charge is 2.15. The molecule has 0 radical (unpaired) electrons. The summed E-state index contributed by atoms with van der Waals surface area (Å²) in [5.74, 6) is -0.173. The van der Waals surface area contributed by atoms with Crippen LogP contribution in [0.3, 0.4) is 0 Å². The molecule has 0 atom stereocenters. The standard InChI is InChI=1S/C19H17BrN2O3/c1-3-21-18(24)15-10-14(20)8-9-16(15)22(19(21)25)11-17(23)13-6-4-12(2)5-7-13/h4-10H,3,11H2,1-2H3. The van der Waals surface area contributed by atoms with Gasteiger partial charge in [-0.3, -0.25) is 18.7 Å². The summed E-state index contributed by atoms with van der Waals surface area (Å²) < 4.78 is 3.27. The predicted molar refractivity (Wildman–Crippen MR) is 101 cm³/mol. The van der Waals surface area contributed by atoms with Crippen LogP contribution in [-0.2, 0) is 13.1 Å². The van der Waals surface area contributed by atoms with Gasteiger partial charge in [0.25, 0.3) is 5.56 Å². The third-order valence-electron chi connectivity index (χ3n) is 4.18. The maximum atomic E-state index is 12.7. The average molecular weight is 401 g/mol. The zero-order valence-corrected chi connectivity index (χ0v) is 15.5. The zero-order chi connectivity index (χ0) is 18.1. The van der Waals surface area contributed by atoms with Gasteiger partial charge in [-0.15, -0.1) is 0 Å². The van der Waals surface area contributed by atoms with E-state index in [9.17, 15) is 14.4 Å². The fourth-order valence-electron chi connectivity index (χ4n) is 2.80. The molecular formula is C19H17BrN2O3. The Labute approximate surface area is 152 Å². The quantitative estimate of drug-likeness (QED) is 0.632. The van der Waals surface area contributed by atoms with Gasteiger partial charge in [0.1, 0.15) is 0 Å². The molecule has 2 aromatic carbocycles. The second-order valence-electron chi connectivity index (χ2n) is 5.87. The number of aromatic nitrogens is 2. The number of benzene rings is 2. The van der Waals surface area contributed by atoms with Gasteiger partial charge in [0, 0.05) is 16.6 Å². The molecule has 0 saturated heterocycles. The van der Waals surface area contributed by atoms with Crippen molar-refractivity contribution < 1.29 is 4.79 Å². The molecule has 0 spiro atoms. The number of Topliss-reactive ketones (excluding diaryl/α,β-unsaturated/α-hetero) is 1. The maximum absolute atomic E-state index is 12.7. The number of fused-ring (bicyclic) bond motifs is 1. The molecule has 6 heteroatoms. The van der Waals surface area contributed by atoms with Gasteiger partial charge in [0.05, 0.1) is 17.4 Å². The van der Waals surface area contributed by atoms with Crippen molar-refractivity contribution in [3.05, 3.63) is 78.9 Å². The van der Waals surface area contributed by atoms with E-state index in [0.717, 1.165) is 14.6 Å². The lowest BCUT2D eigenvalue weighted by atomic mass is 10.1. The van der Waals surface area contributed by atoms with Crippen molar-refractivity contribution in [1.29, 1.82) is 0 Å². The SMILES string of the molecule is CCn1c(=O)c2cc(Br)ccc2n(CC(=O)c2ccc(C)cc2)c1=O. The van der Waals surface area contributed by atoms with E-state index in [4.69, 9.17) is 0 Å². The molecule has 0 aliphatic carbocycles. The number of ketones is 1. The second-order valence-corrected chi connectivity index (χ2v) is 6.78. The van der Waals surface area contributed by atoms with Crippen molar-refractivity contribution in [3.8, 4) is 0 Å². The monoisotopic (exact) mass is 400 g/mol. The largest absolute Gasteiger partial charge is 0.331 e. The van der Waals surface area contributed by atoms with E-state index >= 15 is 0 Å². The first kappa shape index (κ1) is 17.4. The van der Waals surface area contributed by atoms with E-state index in [1.807, 2.05) is 19.1 Å². The van der Waals surface area contributed by atoms with E-state index in [0.29, 0.717) is 16.5 Å². The number of halogens is 1. The second kappa shape index (κ2) is 6.80. The number of carbonyl (C=O) groups is 1. The Bertz CT molecular complexity index is 1080. The summed E-state index contributed by atoms with van der Waals surface area (Å²) in [6.45, 7) is 3.82. The molecule has 3 aromatic rings. The van der Waals surface area contributed by atoms with Gasteiger partial charge in [0.2, 0.25) is 0 Å². The highest BCUT2D eigenvalue weighted by atomic mass is 79.9. The Kier molecular flexibility index (Phi) is 4.72. The van der Waals surface area contributed by atoms with Crippen LogP contribution < -0.4 is 11.2 Å². The first-order valence-electron chi connectivity index (χ1n) is 7.95. The topological polar surface area (TPSA) is 61.1 Å². The molecule has 5 nitrogen and oxygen atoms in total. The van der Waals surface area contributed by atoms with Gasteiger partial charge in [0.15, 0.2) is 5.78 Å². The van der Waals surface area contributed by atoms with Crippen molar-refractivity contribution in [1.82, 2.24) is 9.13 Å². The van der Waals surface area contributed by atoms with Gasteiger partial charge in [-0.05, 0) is 32.0 Å². The minimum atomic E-state index is -0.470. The van der Waals surface area contributed by atoms with Gasteiger partial charge < -0.3 is 0 Å². The fourth-order valence-corrected chi connectivity index (χ4v) is 3.16. The van der Waals surface area contributed by atoms with Crippen LogP contribution in [0.4, 0.5) is 0 Å². The fraction of sp³-hybridized carbons (Fsp3) is 0.211. The van der Waals surface area contributed by atoms with Crippen molar-refractivity contribution in [2.24, 2.45) is 0 Å². The normalized spacial score (nSPS) is 11.0. The van der Waals surface area contributed by atoms with Crippen LogP contribution in [0.15, 0.2) is 56.5 Å². The van der Waals surface area contributed by atoms with Gasteiger partial charge in [-0.2, -0.15) is 0 Å². The third-order valence-corrected chi connectivity index (χ3v) is 4.67. The summed E-state index contributed by atoms with van der Waals surface area (Å²) in [7, 11) is 0. The van der Waals surface area contributed by atoms with Gasteiger partial charge in [-0.1, -0.05) is 45.8 Å². The van der Waals surface area contributed by atoms with Gasteiger partial charge >= 0.3 is 5.69 Å². The molecule has 0 saturated carbocycles. The molecule has 0 aliphatic heterocycles. The van der Waals surface area contributed by atoms with Crippen LogP contribution in [0.5, 0.6) is 0 Å². The number of aryl methyl sites for hydroxylation is 1. The Hall–Kier alpha value is -2.47. The first-order valence-corrected chi connectivity index (χ1v) is 8.74. The number of carbonyl (C=O) groups excluding carboxylic acids is 1. The first-order chi connectivity index (χ1) is 11.9. The van der Waals surface area contributed by atoms with E-state index in [1.54, 1.807) is 37.3 Å². The maximum Gasteiger partial charge on any atom is 0.331 e. The van der Waals surface area contributed by atoms with Crippen molar-refractivity contribution >= 4 is 32.6 Å². The highest BCUT2D eigenvalue weighted by Crippen LogP contribution is 2.16. The third kappa shape index (κ3) is 3.22. The molecule has 1 heterocycles. The van der Waals surface area contributed by atoms with Gasteiger partial charge in [-0.25, -0.2) is 4.79 Å². The molecule has 0 aliphatic rings. The molecule has 1 aromatic heterocycles. The highest BCUT2D eigenvalue weighted by molar-refractivity contribution is 9.10. The molecule has 0 amide bonds. The lowest BCUT2D eigenvalue weighted by Crippen LogP contribution is -2.40. The molecule has 0 N–H and O–H groups in total. The smallest absolute Gasteiger partial charge is 0.292 e. The van der Waals surface area contributed by atoms with Crippen LogP contribution in [-0.4, -0.2) is 14.9 Å². The minimum Gasteiger partial charge on any atom is -0.292 e. The van der Waals surface area contributed by atoms with E-state index in [-0.39, 0.29) is 24.4 Å². The lowest BCUT2D eigenvalue weighted by molar-refractivity contribution is 0.0971. The van der Waals surface area contributed by atoms with Crippen molar-refractivity contribution in [2.75, 3.05) is 0 Å². The van der Waals surface area contributed by atoms with E-state index < -0.39 is 5.69 Å². The number of hydrogen-bond acceptors (Lipinski definition) is 3. The molecule has 25 heavy (non-hydrogen) atoms. The lowest BCUT2D eigenvalue weighted by Gasteiger charge is -2.13. The molecule has 3 rings (SSSR count). The summed E-state index contributed by atoms with van der Waals surface area (Å²) in [5.41, 5.74) is 1.24. The van der Waals surface area contributed by atoms with E-state index in [1.165, 1.54) is 4.57 Å². The summed E-state index contributed by atoms with van der Waals surface area (Å²) >= 11 is 3.35. The Morgan fingerprint density at radius 2 is 1.72 bits per heavy atom. The van der Waals surface area contributed by atoms with Crippen LogP contribution in [0.1, 0.15) is 22.8 Å². The predicted octanol–water partition coefficient (Wildman–Crippen LogP) is 3.14. The number of rotatable bonds is 4. The zero-order valence-electron chi connectivity index (χ0n) is 14.0. The summed E-state index contributed by atoms with van der Waals surface area (Å²) in [6, 6.07) is 12.3. The van der Waals surface area contributed by atoms with Crippen molar-refractivity contribution in [2.45, 2.75) is 26.9 Å². The van der Waals surface area contributed by atoms with Crippen molar-refractivity contribution in [3.63, 3.8) is 0 Å². The molecule has 0 unspecified atom stereocenters. The summed E-state index contributed by atoms with van der Waals surface area (Å²) in [6.07, 6.45) is 0.